The van der Waals surface area contributed by atoms with Gasteiger partial charge in [0.25, 0.3) is 5.91 Å². The Morgan fingerprint density at radius 3 is 2.63 bits per heavy atom. The molecule has 1 aromatic rings. The molecule has 0 heterocycles. The number of carbonyl (C=O) groups is 2. The van der Waals surface area contributed by atoms with E-state index in [1.807, 2.05) is 25.1 Å². The van der Waals surface area contributed by atoms with E-state index in [4.69, 9.17) is 9.47 Å². The summed E-state index contributed by atoms with van der Waals surface area (Å²) in [6.07, 6.45) is 3.32. The number of aryl methyl sites for hydroxylation is 1. The molecule has 5 nitrogen and oxygen atoms in total. The van der Waals surface area contributed by atoms with E-state index in [1.54, 1.807) is 0 Å². The Labute approximate surface area is 162 Å². The molecule has 1 fully saturated rings. The quantitative estimate of drug-likeness (QED) is 0.732. The molecule has 1 aliphatic rings. The van der Waals surface area contributed by atoms with Crippen LogP contribution in [0.4, 0.5) is 0 Å². The molecule has 3 atom stereocenters. The summed E-state index contributed by atoms with van der Waals surface area (Å²) in [6.45, 7) is 10.1. The van der Waals surface area contributed by atoms with E-state index in [2.05, 4.69) is 33.0 Å². The molecule has 27 heavy (non-hydrogen) atoms. The zero-order valence-electron chi connectivity index (χ0n) is 17.2. The fraction of sp³-hybridized carbons (Fsp3) is 0.636. The van der Waals surface area contributed by atoms with Crippen LogP contribution in [-0.2, 0) is 14.3 Å². The standard InChI is InChI=1S/C22H33NO4/c1-14(2)18-10-9-15(3)11-20(18)26-13-22(25)27-12-21(24)23-19-8-6-7-16(4)17(19)5/h9-11,14,16-17,19H,6-8,12-13H2,1-5H3,(H,23,24)/t16-,17+,19+/m1/s1. The molecule has 1 saturated carbocycles. The number of carbonyl (C=O) groups excluding carboxylic acids is 2. The number of benzene rings is 1. The fourth-order valence-corrected chi connectivity index (χ4v) is 3.60. The minimum Gasteiger partial charge on any atom is -0.482 e. The smallest absolute Gasteiger partial charge is 0.344 e. The molecule has 1 aliphatic carbocycles. The second kappa shape index (κ2) is 9.77. The van der Waals surface area contributed by atoms with Crippen LogP contribution in [0.5, 0.6) is 5.75 Å². The van der Waals surface area contributed by atoms with Gasteiger partial charge in [-0.15, -0.1) is 0 Å². The van der Waals surface area contributed by atoms with Crippen LogP contribution in [0, 0.1) is 18.8 Å². The van der Waals surface area contributed by atoms with Crippen LogP contribution in [0.25, 0.3) is 0 Å². The highest BCUT2D eigenvalue weighted by molar-refractivity contribution is 5.81. The van der Waals surface area contributed by atoms with Crippen molar-refractivity contribution in [3.8, 4) is 5.75 Å². The molecule has 1 aromatic carbocycles. The largest absolute Gasteiger partial charge is 0.482 e. The maximum Gasteiger partial charge on any atom is 0.344 e. The second-order valence-electron chi connectivity index (χ2n) is 8.09. The molecule has 1 N–H and O–H groups in total. The van der Waals surface area contributed by atoms with Gasteiger partial charge in [-0.05, 0) is 48.3 Å². The van der Waals surface area contributed by atoms with Crippen molar-refractivity contribution in [2.75, 3.05) is 13.2 Å². The SMILES string of the molecule is Cc1ccc(C(C)C)c(OCC(=O)OCC(=O)N[C@H]2CCC[C@@H](C)[C@@H]2C)c1. The number of hydrogen-bond donors (Lipinski definition) is 1. The van der Waals surface area contributed by atoms with Gasteiger partial charge in [0.1, 0.15) is 5.75 Å². The first kappa shape index (κ1) is 21.3. The van der Waals surface area contributed by atoms with Crippen molar-refractivity contribution in [3.63, 3.8) is 0 Å². The number of amides is 1. The molecular weight excluding hydrogens is 342 g/mol. The summed E-state index contributed by atoms with van der Waals surface area (Å²) < 4.78 is 10.7. The molecule has 0 radical (unpaired) electrons. The lowest BCUT2D eigenvalue weighted by Gasteiger charge is -2.34. The third-order valence-corrected chi connectivity index (χ3v) is 5.55. The summed E-state index contributed by atoms with van der Waals surface area (Å²) in [5.74, 6) is 1.25. The van der Waals surface area contributed by atoms with Gasteiger partial charge in [0, 0.05) is 6.04 Å². The van der Waals surface area contributed by atoms with Crippen LogP contribution < -0.4 is 10.1 Å². The Morgan fingerprint density at radius 2 is 1.93 bits per heavy atom. The van der Waals surface area contributed by atoms with Gasteiger partial charge in [-0.1, -0.05) is 52.7 Å². The first-order valence-electron chi connectivity index (χ1n) is 9.96. The van der Waals surface area contributed by atoms with E-state index in [-0.39, 0.29) is 25.2 Å². The number of nitrogens with one attached hydrogen (secondary N) is 1. The monoisotopic (exact) mass is 375 g/mol. The summed E-state index contributed by atoms with van der Waals surface area (Å²) in [5, 5.41) is 3.00. The van der Waals surface area contributed by atoms with Crippen molar-refractivity contribution >= 4 is 11.9 Å². The zero-order valence-corrected chi connectivity index (χ0v) is 17.2. The summed E-state index contributed by atoms with van der Waals surface area (Å²) >= 11 is 0. The summed E-state index contributed by atoms with van der Waals surface area (Å²) in [4.78, 5) is 24.1. The van der Waals surface area contributed by atoms with Crippen molar-refractivity contribution in [1.82, 2.24) is 5.32 Å². The molecule has 5 heteroatoms. The van der Waals surface area contributed by atoms with E-state index in [0.29, 0.717) is 23.5 Å². The second-order valence-corrected chi connectivity index (χ2v) is 8.09. The third-order valence-electron chi connectivity index (χ3n) is 5.55. The molecule has 0 aliphatic heterocycles. The first-order valence-corrected chi connectivity index (χ1v) is 9.96. The highest BCUT2D eigenvalue weighted by Crippen LogP contribution is 2.29. The lowest BCUT2D eigenvalue weighted by molar-refractivity contribution is -0.150. The normalized spacial score (nSPS) is 22.4. The van der Waals surface area contributed by atoms with Gasteiger partial charge in [0.2, 0.25) is 0 Å². The predicted molar refractivity (Wildman–Crippen MR) is 106 cm³/mol. The average Bonchev–Trinajstić information content (AvgIpc) is 2.62. The Morgan fingerprint density at radius 1 is 1.19 bits per heavy atom. The molecule has 150 valence electrons. The van der Waals surface area contributed by atoms with Gasteiger partial charge in [0.05, 0.1) is 0 Å². The molecule has 1 amide bonds. The number of esters is 1. The van der Waals surface area contributed by atoms with E-state index in [1.165, 1.54) is 6.42 Å². The maximum absolute atomic E-state index is 12.1. The first-order chi connectivity index (χ1) is 12.8. The molecular formula is C22H33NO4. The molecule has 2 rings (SSSR count). The Bertz CT molecular complexity index is 656. The van der Waals surface area contributed by atoms with Crippen LogP contribution >= 0.6 is 0 Å². The van der Waals surface area contributed by atoms with Gasteiger partial charge in [-0.2, -0.15) is 0 Å². The van der Waals surface area contributed by atoms with Crippen molar-refractivity contribution < 1.29 is 19.1 Å². The van der Waals surface area contributed by atoms with Crippen molar-refractivity contribution in [2.24, 2.45) is 11.8 Å². The lowest BCUT2D eigenvalue weighted by Crippen LogP contribution is -2.45. The van der Waals surface area contributed by atoms with Crippen molar-refractivity contribution in [3.05, 3.63) is 29.3 Å². The molecule has 0 unspecified atom stereocenters. The number of ether oxygens (including phenoxy) is 2. The summed E-state index contributed by atoms with van der Waals surface area (Å²) in [5.41, 5.74) is 2.12. The Kier molecular flexibility index (Phi) is 7.69. The topological polar surface area (TPSA) is 64.6 Å². The summed E-state index contributed by atoms with van der Waals surface area (Å²) in [7, 11) is 0. The summed E-state index contributed by atoms with van der Waals surface area (Å²) in [6, 6.07) is 6.12. The van der Waals surface area contributed by atoms with Crippen LogP contribution in [0.1, 0.15) is 64.0 Å². The van der Waals surface area contributed by atoms with Gasteiger partial charge in [-0.3, -0.25) is 4.79 Å². The minimum absolute atomic E-state index is 0.164. The van der Waals surface area contributed by atoms with E-state index in [9.17, 15) is 9.59 Å². The predicted octanol–water partition coefficient (Wildman–Crippen LogP) is 3.98. The van der Waals surface area contributed by atoms with Gasteiger partial charge in [0.15, 0.2) is 13.2 Å². The fourth-order valence-electron chi connectivity index (χ4n) is 3.60. The third kappa shape index (κ3) is 6.26. The van der Waals surface area contributed by atoms with Crippen LogP contribution in [0.2, 0.25) is 0 Å². The van der Waals surface area contributed by atoms with E-state index < -0.39 is 5.97 Å². The van der Waals surface area contributed by atoms with Gasteiger partial charge < -0.3 is 14.8 Å². The lowest BCUT2D eigenvalue weighted by atomic mass is 9.78. The van der Waals surface area contributed by atoms with Crippen LogP contribution in [-0.4, -0.2) is 31.1 Å². The van der Waals surface area contributed by atoms with E-state index >= 15 is 0 Å². The van der Waals surface area contributed by atoms with Gasteiger partial charge >= 0.3 is 5.97 Å². The van der Waals surface area contributed by atoms with Crippen LogP contribution in [0.15, 0.2) is 18.2 Å². The highest BCUT2D eigenvalue weighted by Gasteiger charge is 2.28. The zero-order chi connectivity index (χ0) is 20.0. The number of rotatable bonds is 7. The Balaban J connectivity index is 1.78. The average molecular weight is 376 g/mol. The van der Waals surface area contributed by atoms with Crippen LogP contribution in [0.3, 0.4) is 0 Å². The maximum atomic E-state index is 12.1. The van der Waals surface area contributed by atoms with Crippen molar-refractivity contribution in [2.45, 2.75) is 65.8 Å². The Hall–Kier alpha value is -2.04. The molecule has 0 saturated heterocycles. The molecule has 0 aromatic heterocycles. The number of hydrogen-bond acceptors (Lipinski definition) is 4. The van der Waals surface area contributed by atoms with Gasteiger partial charge in [-0.25, -0.2) is 4.79 Å². The van der Waals surface area contributed by atoms with Crippen molar-refractivity contribution in [1.29, 1.82) is 0 Å². The highest BCUT2D eigenvalue weighted by atomic mass is 16.6. The minimum atomic E-state index is -0.536. The molecule has 0 bridgehead atoms. The van der Waals surface area contributed by atoms with E-state index in [0.717, 1.165) is 24.0 Å². The molecule has 0 spiro atoms.